The molecular weight excluding hydrogens is 310 g/mol. The van der Waals surface area contributed by atoms with Crippen LogP contribution in [0.3, 0.4) is 0 Å². The van der Waals surface area contributed by atoms with E-state index in [1.165, 1.54) is 18.2 Å². The van der Waals surface area contributed by atoms with Crippen molar-refractivity contribution >= 4 is 23.0 Å². The van der Waals surface area contributed by atoms with Gasteiger partial charge in [0.25, 0.3) is 0 Å². The maximum atomic E-state index is 13.8. The summed E-state index contributed by atoms with van der Waals surface area (Å²) in [5.74, 6) is -0.0447. The highest BCUT2D eigenvalue weighted by atomic mass is 19.1. The first kappa shape index (κ1) is 15.9. The second-order valence-electron chi connectivity index (χ2n) is 5.40. The molecule has 0 saturated carbocycles. The van der Waals surface area contributed by atoms with E-state index in [9.17, 15) is 8.78 Å². The summed E-state index contributed by atoms with van der Waals surface area (Å²) in [6, 6.07) is 13.1. The van der Waals surface area contributed by atoms with Crippen LogP contribution in [0.4, 0.5) is 31.8 Å². The molecule has 4 nitrogen and oxygen atoms in total. The summed E-state index contributed by atoms with van der Waals surface area (Å²) in [6.07, 6.45) is 0. The third kappa shape index (κ3) is 3.65. The first-order valence-electron chi connectivity index (χ1n) is 7.42. The lowest BCUT2D eigenvalue weighted by atomic mass is 10.2. The molecule has 2 N–H and O–H groups in total. The molecule has 0 bridgehead atoms. The van der Waals surface area contributed by atoms with Gasteiger partial charge in [0, 0.05) is 11.8 Å². The zero-order chi connectivity index (χ0) is 17.1. The summed E-state index contributed by atoms with van der Waals surface area (Å²) in [4.78, 5) is 8.46. The maximum absolute atomic E-state index is 13.8. The second-order valence-corrected chi connectivity index (χ2v) is 5.40. The normalized spacial score (nSPS) is 10.5. The van der Waals surface area contributed by atoms with E-state index >= 15 is 0 Å². The molecule has 0 aliphatic rings. The van der Waals surface area contributed by atoms with Gasteiger partial charge in [0.2, 0.25) is 0 Å². The average Bonchev–Trinajstić information content (AvgIpc) is 2.53. The van der Waals surface area contributed by atoms with E-state index < -0.39 is 11.6 Å². The van der Waals surface area contributed by atoms with Gasteiger partial charge in [-0.15, -0.1) is 0 Å². The van der Waals surface area contributed by atoms with Gasteiger partial charge < -0.3 is 10.6 Å². The van der Waals surface area contributed by atoms with Crippen LogP contribution in [0, 0.1) is 25.5 Å². The first-order valence-corrected chi connectivity index (χ1v) is 7.42. The van der Waals surface area contributed by atoms with Crippen molar-refractivity contribution in [3.63, 3.8) is 0 Å². The van der Waals surface area contributed by atoms with Gasteiger partial charge in [-0.1, -0.05) is 23.8 Å². The van der Waals surface area contributed by atoms with Crippen LogP contribution in [-0.2, 0) is 0 Å². The lowest BCUT2D eigenvalue weighted by Gasteiger charge is -2.11. The van der Waals surface area contributed by atoms with Crippen molar-refractivity contribution in [2.45, 2.75) is 13.8 Å². The third-order valence-electron chi connectivity index (χ3n) is 3.38. The fourth-order valence-electron chi connectivity index (χ4n) is 2.23. The summed E-state index contributed by atoms with van der Waals surface area (Å²) in [5.41, 5.74) is 1.77. The molecule has 0 amide bonds. The van der Waals surface area contributed by atoms with Crippen LogP contribution in [0.15, 0.2) is 48.5 Å². The molecule has 0 aliphatic heterocycles. The minimum Gasteiger partial charge on any atom is -0.340 e. The molecule has 2 aromatic carbocycles. The summed E-state index contributed by atoms with van der Waals surface area (Å²) in [7, 11) is 0. The third-order valence-corrected chi connectivity index (χ3v) is 3.38. The number of hydrogen-bond donors (Lipinski definition) is 2. The lowest BCUT2D eigenvalue weighted by molar-refractivity contribution is 0.590. The molecule has 0 radical (unpaired) electrons. The van der Waals surface area contributed by atoms with Crippen molar-refractivity contribution in [1.29, 1.82) is 0 Å². The Balaban J connectivity index is 1.87. The maximum Gasteiger partial charge on any atom is 0.149 e. The van der Waals surface area contributed by atoms with Gasteiger partial charge in [0.15, 0.2) is 0 Å². The summed E-state index contributed by atoms with van der Waals surface area (Å²) < 4.78 is 27.5. The summed E-state index contributed by atoms with van der Waals surface area (Å²) >= 11 is 0. The average molecular weight is 326 g/mol. The Morgan fingerprint density at radius 2 is 1.38 bits per heavy atom. The number of benzene rings is 2. The summed E-state index contributed by atoms with van der Waals surface area (Å²) in [6.45, 7) is 3.72. The number of aryl methyl sites for hydroxylation is 2. The molecule has 1 heterocycles. The fraction of sp³-hybridized carbons (Fsp3) is 0.111. The summed E-state index contributed by atoms with van der Waals surface area (Å²) in [5, 5.41) is 5.82. The molecule has 0 aliphatic carbocycles. The highest BCUT2D eigenvalue weighted by molar-refractivity contribution is 5.64. The van der Waals surface area contributed by atoms with Crippen molar-refractivity contribution in [3.8, 4) is 0 Å². The van der Waals surface area contributed by atoms with Gasteiger partial charge in [-0.3, -0.25) is 0 Å². The number of nitrogens with one attached hydrogen (secondary N) is 2. The second kappa shape index (κ2) is 6.62. The minimum absolute atomic E-state index is 0.239. The van der Waals surface area contributed by atoms with E-state index in [-0.39, 0.29) is 5.69 Å². The Morgan fingerprint density at radius 1 is 0.792 bits per heavy atom. The molecule has 3 aromatic rings. The van der Waals surface area contributed by atoms with Gasteiger partial charge in [-0.05, 0) is 38.1 Å². The van der Waals surface area contributed by atoms with Crippen molar-refractivity contribution in [3.05, 3.63) is 71.6 Å². The topological polar surface area (TPSA) is 49.8 Å². The van der Waals surface area contributed by atoms with Crippen LogP contribution >= 0.6 is 0 Å². The van der Waals surface area contributed by atoms with Crippen molar-refractivity contribution in [1.82, 2.24) is 9.97 Å². The lowest BCUT2D eigenvalue weighted by Crippen LogP contribution is -2.03. The molecule has 0 fully saturated rings. The molecule has 0 atom stereocenters. The van der Waals surface area contributed by atoms with Crippen LogP contribution in [0.2, 0.25) is 0 Å². The number of halogens is 2. The molecular formula is C18H16F2N4. The SMILES string of the molecule is Cc1ccc(Nc2cc(Nc3c(F)cccc3F)nc(C)n2)cc1. The van der Waals surface area contributed by atoms with Crippen LogP contribution in [0.1, 0.15) is 11.4 Å². The predicted octanol–water partition coefficient (Wildman–Crippen LogP) is 4.86. The molecule has 1 aromatic heterocycles. The zero-order valence-electron chi connectivity index (χ0n) is 13.3. The molecule has 6 heteroatoms. The molecule has 0 spiro atoms. The molecule has 0 saturated heterocycles. The number of aromatic nitrogens is 2. The van der Waals surface area contributed by atoms with Crippen LogP contribution < -0.4 is 10.6 Å². The number of hydrogen-bond acceptors (Lipinski definition) is 4. The molecule has 24 heavy (non-hydrogen) atoms. The van der Waals surface area contributed by atoms with Crippen LogP contribution in [-0.4, -0.2) is 9.97 Å². The highest BCUT2D eigenvalue weighted by Gasteiger charge is 2.10. The monoisotopic (exact) mass is 326 g/mol. The predicted molar refractivity (Wildman–Crippen MR) is 90.9 cm³/mol. The van der Waals surface area contributed by atoms with Crippen molar-refractivity contribution in [2.75, 3.05) is 10.6 Å². The van der Waals surface area contributed by atoms with Gasteiger partial charge in [-0.25, -0.2) is 18.7 Å². The van der Waals surface area contributed by atoms with E-state index in [2.05, 4.69) is 20.6 Å². The standard InChI is InChI=1S/C18H16F2N4/c1-11-6-8-13(9-7-11)23-16-10-17(22-12(2)21-16)24-18-14(19)4-3-5-15(18)20/h3-10H,1-2H3,(H2,21,22,23,24). The molecule has 0 unspecified atom stereocenters. The Hall–Kier alpha value is -3.02. The van der Waals surface area contributed by atoms with E-state index in [1.54, 1.807) is 13.0 Å². The zero-order valence-corrected chi connectivity index (χ0v) is 13.3. The number of rotatable bonds is 4. The smallest absolute Gasteiger partial charge is 0.149 e. The molecule has 3 rings (SSSR count). The van der Waals surface area contributed by atoms with E-state index in [0.29, 0.717) is 17.5 Å². The number of para-hydroxylation sites is 1. The minimum atomic E-state index is -0.681. The largest absolute Gasteiger partial charge is 0.340 e. The highest BCUT2D eigenvalue weighted by Crippen LogP contribution is 2.24. The van der Waals surface area contributed by atoms with Gasteiger partial charge in [-0.2, -0.15) is 0 Å². The first-order chi connectivity index (χ1) is 11.5. The Bertz CT molecular complexity index is 843. The van der Waals surface area contributed by atoms with E-state index in [4.69, 9.17) is 0 Å². The van der Waals surface area contributed by atoms with Gasteiger partial charge >= 0.3 is 0 Å². The van der Waals surface area contributed by atoms with Gasteiger partial charge in [0.1, 0.15) is 34.8 Å². The molecule has 122 valence electrons. The van der Waals surface area contributed by atoms with Crippen molar-refractivity contribution < 1.29 is 8.78 Å². The van der Waals surface area contributed by atoms with Crippen LogP contribution in [0.25, 0.3) is 0 Å². The Labute approximate surface area is 138 Å². The Morgan fingerprint density at radius 3 is 2.00 bits per heavy atom. The van der Waals surface area contributed by atoms with Crippen LogP contribution in [0.5, 0.6) is 0 Å². The van der Waals surface area contributed by atoms with Gasteiger partial charge in [0.05, 0.1) is 0 Å². The number of nitrogens with zero attached hydrogens (tertiary/aromatic N) is 2. The van der Waals surface area contributed by atoms with E-state index in [1.807, 2.05) is 31.2 Å². The quantitative estimate of drug-likeness (QED) is 0.719. The van der Waals surface area contributed by atoms with Crippen molar-refractivity contribution in [2.24, 2.45) is 0 Å². The number of anilines is 4. The van der Waals surface area contributed by atoms with E-state index in [0.717, 1.165) is 11.3 Å². The Kier molecular flexibility index (Phi) is 4.37. The fourth-order valence-corrected chi connectivity index (χ4v) is 2.23.